The molecule has 2 heterocycles. The van der Waals surface area contributed by atoms with Crippen LogP contribution in [0.3, 0.4) is 0 Å². The molecule has 3 aromatic carbocycles. The minimum Gasteiger partial charge on any atom is -0.495 e. The number of nitrogens with one attached hydrogen (secondary N) is 1. The van der Waals surface area contributed by atoms with Crippen LogP contribution >= 0.6 is 0 Å². The monoisotopic (exact) mass is 529 g/mol. The molecule has 2 aliphatic heterocycles. The van der Waals surface area contributed by atoms with Crippen LogP contribution in [0, 0.1) is 0 Å². The van der Waals surface area contributed by atoms with E-state index in [-0.39, 0.29) is 11.8 Å². The summed E-state index contributed by atoms with van der Waals surface area (Å²) in [5, 5.41) is 2.06. The summed E-state index contributed by atoms with van der Waals surface area (Å²) in [5.41, 5.74) is 6.52. The summed E-state index contributed by atoms with van der Waals surface area (Å²) in [4.78, 5) is 20.8. The molecule has 2 fully saturated rings. The van der Waals surface area contributed by atoms with Crippen LogP contribution in [0.1, 0.15) is 11.5 Å². The molecule has 5 rings (SSSR count). The lowest BCUT2D eigenvalue weighted by Crippen LogP contribution is -2.55. The molecular formula is C31H39N5O3. The zero-order valence-electron chi connectivity index (χ0n) is 23.0. The van der Waals surface area contributed by atoms with E-state index in [9.17, 15) is 4.79 Å². The molecule has 8 nitrogen and oxygen atoms in total. The van der Waals surface area contributed by atoms with E-state index in [0.29, 0.717) is 6.54 Å². The number of ether oxygens (including phenoxy) is 2. The first kappa shape index (κ1) is 26.8. The lowest BCUT2D eigenvalue weighted by Gasteiger charge is -2.39. The topological polar surface area (TPSA) is 60.5 Å². The van der Waals surface area contributed by atoms with Crippen molar-refractivity contribution in [2.45, 2.75) is 5.92 Å². The van der Waals surface area contributed by atoms with Crippen LogP contribution in [0.15, 0.2) is 78.9 Å². The highest BCUT2D eigenvalue weighted by Gasteiger charge is 2.29. The van der Waals surface area contributed by atoms with E-state index in [4.69, 9.17) is 9.47 Å². The van der Waals surface area contributed by atoms with E-state index in [0.717, 1.165) is 80.8 Å². The van der Waals surface area contributed by atoms with E-state index in [2.05, 4.69) is 55.5 Å². The molecule has 2 saturated heterocycles. The first-order valence-electron chi connectivity index (χ1n) is 13.7. The third-order valence-corrected chi connectivity index (χ3v) is 7.73. The fourth-order valence-corrected chi connectivity index (χ4v) is 5.53. The lowest BCUT2D eigenvalue weighted by molar-refractivity contribution is -0.128. The first-order chi connectivity index (χ1) is 19.2. The summed E-state index contributed by atoms with van der Waals surface area (Å²) >= 11 is 0. The Bertz CT molecular complexity index is 1210. The van der Waals surface area contributed by atoms with Crippen LogP contribution in [0.25, 0.3) is 0 Å². The van der Waals surface area contributed by atoms with Gasteiger partial charge in [0.05, 0.1) is 31.5 Å². The number of hydrogen-bond acceptors (Lipinski definition) is 7. The molecule has 8 heteroatoms. The molecule has 0 aliphatic carbocycles. The minimum atomic E-state index is -0.240. The Hall–Kier alpha value is -3.75. The summed E-state index contributed by atoms with van der Waals surface area (Å²) in [6.07, 6.45) is 0. The number of carbonyl (C=O) groups is 1. The van der Waals surface area contributed by atoms with Crippen LogP contribution in [-0.2, 0) is 4.79 Å². The molecule has 2 aliphatic rings. The van der Waals surface area contributed by atoms with Gasteiger partial charge in [0, 0.05) is 58.9 Å². The van der Waals surface area contributed by atoms with Crippen LogP contribution in [-0.4, -0.2) is 88.9 Å². The minimum absolute atomic E-state index is 0.0547. The molecule has 1 atom stereocenters. The number of anilines is 2. The van der Waals surface area contributed by atoms with E-state index in [1.54, 1.807) is 14.2 Å². The van der Waals surface area contributed by atoms with Gasteiger partial charge in [-0.05, 0) is 29.8 Å². The van der Waals surface area contributed by atoms with E-state index >= 15 is 0 Å². The van der Waals surface area contributed by atoms with Gasteiger partial charge in [-0.2, -0.15) is 0 Å². The van der Waals surface area contributed by atoms with Gasteiger partial charge in [0.2, 0.25) is 5.91 Å². The van der Waals surface area contributed by atoms with E-state index in [1.807, 2.05) is 48.5 Å². The Labute approximate surface area is 231 Å². The van der Waals surface area contributed by atoms with Crippen LogP contribution in [0.2, 0.25) is 0 Å². The van der Waals surface area contributed by atoms with E-state index < -0.39 is 0 Å². The largest absolute Gasteiger partial charge is 0.495 e. The second-order valence-corrected chi connectivity index (χ2v) is 10.0. The van der Waals surface area contributed by atoms with Gasteiger partial charge in [0.15, 0.2) is 0 Å². The SMILES string of the molecule is COc1ccccc1N1CCN(CC(C(=O)NN2CCN(c3ccccc3OC)CC2)c2ccccc2)CC1. The van der Waals surface area contributed by atoms with Gasteiger partial charge < -0.3 is 19.3 Å². The molecule has 39 heavy (non-hydrogen) atoms. The maximum atomic E-state index is 13.7. The zero-order chi connectivity index (χ0) is 27.0. The predicted octanol–water partition coefficient (Wildman–Crippen LogP) is 3.46. The normalized spacial score (nSPS) is 17.5. The highest BCUT2D eigenvalue weighted by atomic mass is 16.5. The van der Waals surface area contributed by atoms with Gasteiger partial charge in [-0.15, -0.1) is 0 Å². The molecule has 0 spiro atoms. The summed E-state index contributed by atoms with van der Waals surface area (Å²) in [5.74, 6) is 1.60. The Balaban J connectivity index is 1.19. The number of hydrogen-bond donors (Lipinski definition) is 1. The Morgan fingerprint density at radius 2 is 1.18 bits per heavy atom. The fourth-order valence-electron chi connectivity index (χ4n) is 5.53. The van der Waals surface area contributed by atoms with Gasteiger partial charge in [0.1, 0.15) is 11.5 Å². The van der Waals surface area contributed by atoms with Crippen LogP contribution in [0.4, 0.5) is 11.4 Å². The number of amides is 1. The highest BCUT2D eigenvalue weighted by Crippen LogP contribution is 2.30. The van der Waals surface area contributed by atoms with Gasteiger partial charge in [-0.1, -0.05) is 54.6 Å². The Morgan fingerprint density at radius 1 is 0.692 bits per heavy atom. The average Bonchev–Trinajstić information content (AvgIpc) is 3.01. The van der Waals surface area contributed by atoms with Crippen LogP contribution < -0.4 is 24.7 Å². The third-order valence-electron chi connectivity index (χ3n) is 7.73. The number of methoxy groups -OCH3 is 2. The third kappa shape index (κ3) is 6.46. The van der Waals surface area contributed by atoms with Gasteiger partial charge in [-0.3, -0.25) is 15.1 Å². The van der Waals surface area contributed by atoms with Gasteiger partial charge in [-0.25, -0.2) is 5.01 Å². The Kier molecular flexibility index (Phi) is 8.85. The molecule has 3 aromatic rings. The van der Waals surface area contributed by atoms with Crippen molar-refractivity contribution in [2.24, 2.45) is 0 Å². The number of rotatable bonds is 9. The molecule has 0 aromatic heterocycles. The first-order valence-corrected chi connectivity index (χ1v) is 13.7. The predicted molar refractivity (Wildman–Crippen MR) is 156 cm³/mol. The molecule has 1 unspecified atom stereocenters. The van der Waals surface area contributed by atoms with Crippen LogP contribution in [0.5, 0.6) is 11.5 Å². The van der Waals surface area contributed by atoms with E-state index in [1.165, 1.54) is 0 Å². The molecule has 1 N–H and O–H groups in total. The summed E-state index contributed by atoms with van der Waals surface area (Å²) in [6, 6.07) is 26.4. The molecule has 0 saturated carbocycles. The molecule has 1 amide bonds. The Morgan fingerprint density at radius 3 is 1.72 bits per heavy atom. The molecule has 0 radical (unpaired) electrons. The summed E-state index contributed by atoms with van der Waals surface area (Å²) in [6.45, 7) is 7.42. The highest BCUT2D eigenvalue weighted by molar-refractivity contribution is 5.83. The van der Waals surface area contributed by atoms with Crippen molar-refractivity contribution in [3.8, 4) is 11.5 Å². The standard InChI is InChI=1S/C31H39N5O3/c1-38-29-14-8-6-12-27(29)34-18-16-33(17-19-34)24-26(25-10-4-3-5-11-25)31(37)32-36-22-20-35(21-23-36)28-13-7-9-15-30(28)39-2/h3-15,26H,16-24H2,1-2H3,(H,32,37). The molecular weight excluding hydrogens is 490 g/mol. The molecule has 206 valence electrons. The second-order valence-electron chi connectivity index (χ2n) is 10.0. The van der Waals surface area contributed by atoms with Crippen molar-refractivity contribution in [3.63, 3.8) is 0 Å². The number of piperazine rings is 2. The number of carbonyl (C=O) groups excluding carboxylic acids is 1. The average molecular weight is 530 g/mol. The zero-order valence-corrected chi connectivity index (χ0v) is 23.0. The second kappa shape index (κ2) is 12.9. The lowest BCUT2D eigenvalue weighted by atomic mass is 9.97. The summed E-state index contributed by atoms with van der Waals surface area (Å²) < 4.78 is 11.1. The molecule has 0 bridgehead atoms. The fraction of sp³-hybridized carbons (Fsp3) is 0.387. The van der Waals surface area contributed by atoms with Gasteiger partial charge in [0.25, 0.3) is 0 Å². The van der Waals surface area contributed by atoms with Crippen molar-refractivity contribution in [2.75, 3.05) is 82.9 Å². The quantitative estimate of drug-likeness (QED) is 0.456. The maximum Gasteiger partial charge on any atom is 0.243 e. The number of nitrogens with zero attached hydrogens (tertiary/aromatic N) is 4. The maximum absolute atomic E-state index is 13.7. The van der Waals surface area contributed by atoms with Crippen molar-refractivity contribution in [1.82, 2.24) is 15.3 Å². The smallest absolute Gasteiger partial charge is 0.243 e. The summed E-state index contributed by atoms with van der Waals surface area (Å²) in [7, 11) is 3.42. The van der Waals surface area contributed by atoms with Crippen molar-refractivity contribution >= 4 is 17.3 Å². The van der Waals surface area contributed by atoms with Crippen molar-refractivity contribution in [3.05, 3.63) is 84.4 Å². The number of para-hydroxylation sites is 4. The number of hydrazine groups is 1. The van der Waals surface area contributed by atoms with Crippen molar-refractivity contribution in [1.29, 1.82) is 0 Å². The number of benzene rings is 3. The van der Waals surface area contributed by atoms with Crippen molar-refractivity contribution < 1.29 is 14.3 Å². The van der Waals surface area contributed by atoms with Gasteiger partial charge >= 0.3 is 0 Å².